The van der Waals surface area contributed by atoms with Gasteiger partial charge in [0.25, 0.3) is 5.91 Å². The molecule has 2 heterocycles. The van der Waals surface area contributed by atoms with Crippen LogP contribution in [0, 0.1) is 5.41 Å². The number of alkyl halides is 3. The Morgan fingerprint density at radius 3 is 2.56 bits per heavy atom. The number of ether oxygens (including phenoxy) is 1. The van der Waals surface area contributed by atoms with Gasteiger partial charge in [-0.25, -0.2) is 0 Å². The van der Waals surface area contributed by atoms with Gasteiger partial charge in [0.15, 0.2) is 0 Å². The van der Waals surface area contributed by atoms with Gasteiger partial charge in [-0.2, -0.15) is 0 Å². The van der Waals surface area contributed by atoms with Gasteiger partial charge in [0.1, 0.15) is 5.75 Å². The van der Waals surface area contributed by atoms with E-state index >= 15 is 0 Å². The lowest BCUT2D eigenvalue weighted by Crippen LogP contribution is -2.54. The summed E-state index contributed by atoms with van der Waals surface area (Å²) in [7, 11) is 0. The smallest absolute Gasteiger partial charge is 0.404 e. The molecule has 0 aromatic heterocycles. The van der Waals surface area contributed by atoms with Crippen LogP contribution in [0.5, 0.6) is 5.75 Å². The Balaban J connectivity index is 1.75. The largest absolute Gasteiger partial charge is 0.573 e. The van der Waals surface area contributed by atoms with E-state index in [-0.39, 0.29) is 21.9 Å². The molecule has 1 aliphatic carbocycles. The standard InChI is InChI=1S/C16H14ClF3N2O2S/c1-14(2)12-11(13(23)22-15(14)3-4-15)25-10-6-9(24-16(18,19)20)7(17)5-8(10)21-12/h5-6,21H,3-4H2,1-2H3,(H,22,23). The number of hydrogen-bond donors (Lipinski definition) is 2. The average Bonchev–Trinajstić information content (AvgIpc) is 3.25. The van der Waals surface area contributed by atoms with E-state index in [1.807, 2.05) is 0 Å². The van der Waals surface area contributed by atoms with Crippen LogP contribution in [0.25, 0.3) is 0 Å². The third-order valence-corrected chi connectivity index (χ3v) is 6.54. The Hall–Kier alpha value is -1.54. The summed E-state index contributed by atoms with van der Waals surface area (Å²) in [6, 6.07) is 2.60. The molecule has 9 heteroatoms. The SMILES string of the molecule is CC1(C)C2=C(Sc3cc(OC(F)(F)F)c(Cl)cc3N2)C(=O)NC12CC2. The Labute approximate surface area is 151 Å². The Morgan fingerprint density at radius 1 is 1.28 bits per heavy atom. The van der Waals surface area contributed by atoms with E-state index in [2.05, 4.69) is 29.2 Å². The van der Waals surface area contributed by atoms with Crippen LogP contribution in [0.4, 0.5) is 18.9 Å². The van der Waals surface area contributed by atoms with Crippen molar-refractivity contribution in [3.8, 4) is 5.75 Å². The molecule has 1 fully saturated rings. The fourth-order valence-electron chi connectivity index (χ4n) is 3.42. The van der Waals surface area contributed by atoms with Crippen molar-refractivity contribution in [3.63, 3.8) is 0 Å². The summed E-state index contributed by atoms with van der Waals surface area (Å²) in [4.78, 5) is 13.4. The lowest BCUT2D eigenvalue weighted by Gasteiger charge is -2.44. The van der Waals surface area contributed by atoms with Crippen molar-refractivity contribution >= 4 is 35.0 Å². The maximum absolute atomic E-state index is 12.5. The Morgan fingerprint density at radius 2 is 1.96 bits per heavy atom. The quantitative estimate of drug-likeness (QED) is 0.732. The van der Waals surface area contributed by atoms with Crippen molar-refractivity contribution in [3.05, 3.63) is 27.8 Å². The molecule has 1 saturated carbocycles. The summed E-state index contributed by atoms with van der Waals surface area (Å²) in [6.07, 6.45) is -3.03. The number of halogens is 4. The van der Waals surface area contributed by atoms with Crippen LogP contribution in [0.2, 0.25) is 5.02 Å². The molecule has 134 valence electrons. The van der Waals surface area contributed by atoms with Gasteiger partial charge < -0.3 is 15.4 Å². The highest BCUT2D eigenvalue weighted by Crippen LogP contribution is 2.60. The van der Waals surface area contributed by atoms with E-state index in [9.17, 15) is 18.0 Å². The Kier molecular flexibility index (Phi) is 3.38. The van der Waals surface area contributed by atoms with Crippen LogP contribution >= 0.6 is 23.4 Å². The van der Waals surface area contributed by atoms with Gasteiger partial charge in [-0.1, -0.05) is 37.2 Å². The predicted octanol–water partition coefficient (Wildman–Crippen LogP) is 4.66. The minimum Gasteiger partial charge on any atom is -0.404 e. The first kappa shape index (κ1) is 16.9. The number of anilines is 1. The third-order valence-electron chi connectivity index (χ3n) is 5.09. The first-order valence-electron chi connectivity index (χ1n) is 7.64. The number of carbonyl (C=O) groups excluding carboxylic acids is 1. The van der Waals surface area contributed by atoms with Gasteiger partial charge in [-0.15, -0.1) is 13.2 Å². The molecule has 1 aromatic rings. The molecule has 0 saturated heterocycles. The molecule has 1 amide bonds. The molecule has 3 aliphatic rings. The van der Waals surface area contributed by atoms with Crippen LogP contribution in [0.1, 0.15) is 26.7 Å². The molecule has 4 rings (SSSR count). The predicted molar refractivity (Wildman–Crippen MR) is 88.5 cm³/mol. The van der Waals surface area contributed by atoms with Crippen LogP contribution in [0.15, 0.2) is 27.6 Å². The number of hydrogen-bond acceptors (Lipinski definition) is 4. The second kappa shape index (κ2) is 5.01. The Bertz CT molecular complexity index is 831. The number of amides is 1. The summed E-state index contributed by atoms with van der Waals surface area (Å²) in [5.74, 6) is -0.691. The highest BCUT2D eigenvalue weighted by molar-refractivity contribution is 8.04. The number of carbonyl (C=O) groups is 1. The maximum atomic E-state index is 12.5. The molecule has 2 aliphatic heterocycles. The minimum absolute atomic E-state index is 0.146. The molecule has 2 N–H and O–H groups in total. The zero-order valence-electron chi connectivity index (χ0n) is 13.3. The van der Waals surface area contributed by atoms with E-state index in [4.69, 9.17) is 11.6 Å². The van der Waals surface area contributed by atoms with Gasteiger partial charge in [-0.05, 0) is 25.0 Å². The lowest BCUT2D eigenvalue weighted by molar-refractivity contribution is -0.274. The second-order valence-corrected chi connectivity index (χ2v) is 8.38. The third kappa shape index (κ3) is 2.57. The molecule has 0 atom stereocenters. The van der Waals surface area contributed by atoms with Crippen LogP contribution in [-0.4, -0.2) is 17.8 Å². The molecule has 25 heavy (non-hydrogen) atoms. The van der Waals surface area contributed by atoms with Crippen molar-refractivity contribution in [1.29, 1.82) is 0 Å². The summed E-state index contributed by atoms with van der Waals surface area (Å²) in [6.45, 7) is 4.10. The molecule has 0 radical (unpaired) electrons. The van der Waals surface area contributed by atoms with Crippen molar-refractivity contribution in [2.45, 2.75) is 43.5 Å². The highest BCUT2D eigenvalue weighted by atomic mass is 35.5. The molecule has 1 aromatic carbocycles. The van der Waals surface area contributed by atoms with Crippen molar-refractivity contribution < 1.29 is 22.7 Å². The first-order chi connectivity index (χ1) is 11.5. The first-order valence-corrected chi connectivity index (χ1v) is 8.83. The maximum Gasteiger partial charge on any atom is 0.573 e. The van der Waals surface area contributed by atoms with Gasteiger partial charge in [0.2, 0.25) is 0 Å². The average molecular weight is 391 g/mol. The molecule has 4 nitrogen and oxygen atoms in total. The van der Waals surface area contributed by atoms with Crippen molar-refractivity contribution in [2.24, 2.45) is 5.41 Å². The molecule has 0 bridgehead atoms. The van der Waals surface area contributed by atoms with E-state index in [0.717, 1.165) is 30.3 Å². The number of benzene rings is 1. The van der Waals surface area contributed by atoms with E-state index in [1.165, 1.54) is 12.1 Å². The number of rotatable bonds is 1. The topological polar surface area (TPSA) is 50.4 Å². The molecular formula is C16H14ClF3N2O2S. The number of nitrogens with one attached hydrogen (secondary N) is 2. The minimum atomic E-state index is -4.84. The molecular weight excluding hydrogens is 377 g/mol. The van der Waals surface area contributed by atoms with Crippen LogP contribution < -0.4 is 15.4 Å². The summed E-state index contributed by atoms with van der Waals surface area (Å²) in [5.41, 5.74) is 0.791. The zero-order chi connectivity index (χ0) is 18.2. The van der Waals surface area contributed by atoms with Gasteiger partial charge in [0.05, 0.1) is 21.2 Å². The van der Waals surface area contributed by atoms with Gasteiger partial charge in [0, 0.05) is 16.0 Å². The monoisotopic (exact) mass is 390 g/mol. The van der Waals surface area contributed by atoms with Gasteiger partial charge >= 0.3 is 6.36 Å². The summed E-state index contributed by atoms with van der Waals surface area (Å²) < 4.78 is 41.5. The fourth-order valence-corrected chi connectivity index (χ4v) is 4.78. The van der Waals surface area contributed by atoms with E-state index in [0.29, 0.717) is 15.5 Å². The normalized spacial score (nSPS) is 22.7. The van der Waals surface area contributed by atoms with E-state index < -0.39 is 12.1 Å². The molecule has 0 unspecified atom stereocenters. The van der Waals surface area contributed by atoms with Crippen LogP contribution in [0.3, 0.4) is 0 Å². The zero-order valence-corrected chi connectivity index (χ0v) is 14.9. The number of thioether (sulfide) groups is 1. The summed E-state index contributed by atoms with van der Waals surface area (Å²) in [5, 5.41) is 6.13. The fraction of sp³-hybridized carbons (Fsp3) is 0.438. The van der Waals surface area contributed by atoms with Crippen molar-refractivity contribution in [2.75, 3.05) is 5.32 Å². The van der Waals surface area contributed by atoms with Gasteiger partial charge in [-0.3, -0.25) is 4.79 Å². The highest BCUT2D eigenvalue weighted by Gasteiger charge is 2.61. The summed E-state index contributed by atoms with van der Waals surface area (Å²) >= 11 is 7.07. The lowest BCUT2D eigenvalue weighted by atomic mass is 9.76. The second-order valence-electron chi connectivity index (χ2n) is 6.92. The molecule has 1 spiro atoms. The van der Waals surface area contributed by atoms with E-state index in [1.54, 1.807) is 0 Å². The van der Waals surface area contributed by atoms with Crippen LogP contribution in [-0.2, 0) is 4.79 Å². The van der Waals surface area contributed by atoms with Crippen molar-refractivity contribution in [1.82, 2.24) is 5.32 Å². The number of fused-ring (bicyclic) bond motifs is 1.